The highest BCUT2D eigenvalue weighted by Gasteiger charge is 2.62. The van der Waals surface area contributed by atoms with Crippen LogP contribution in [0.15, 0.2) is 67.8 Å². The number of carboxylic acids is 1. The van der Waals surface area contributed by atoms with Crippen LogP contribution in [-0.2, 0) is 66.5 Å². The summed E-state index contributed by atoms with van der Waals surface area (Å²) in [4.78, 5) is 50.0. The van der Waals surface area contributed by atoms with Crippen LogP contribution in [0.5, 0.6) is 11.5 Å². The predicted octanol–water partition coefficient (Wildman–Crippen LogP) is 2.97. The molecule has 1 aliphatic rings. The SMILES string of the molecule is CSc1nnc(-c2ccc(OCCOCCOCCOCCOCCC(=O)N[C@H]3CC3(NC(=O)CCOCCOCCOCCOCCOc3ccc(-c4nnc(SC)o4)cc3)C(=O)NCCOCCOCCC(=O)O)cc2)o1. The number of ether oxygens (including phenoxy) is 12. The van der Waals surface area contributed by atoms with Crippen LogP contribution < -0.4 is 25.4 Å². The van der Waals surface area contributed by atoms with Crippen LogP contribution in [0, 0.1) is 0 Å². The molecule has 0 aliphatic heterocycles. The Morgan fingerprint density at radius 3 is 1.27 bits per heavy atom. The lowest BCUT2D eigenvalue weighted by molar-refractivity contribution is -0.138. The largest absolute Gasteiger partial charge is 0.491 e. The topological polar surface area (TPSA) is 313 Å². The Hall–Kier alpha value is -5.50. The summed E-state index contributed by atoms with van der Waals surface area (Å²) in [7, 11) is 0. The first kappa shape index (κ1) is 64.3. The molecular formula is C51H73N7O19S2. The van der Waals surface area contributed by atoms with Crippen molar-refractivity contribution in [1.29, 1.82) is 0 Å². The molecule has 2 heterocycles. The van der Waals surface area contributed by atoms with Crippen molar-refractivity contribution in [2.45, 2.75) is 47.7 Å². The Morgan fingerprint density at radius 2 is 0.873 bits per heavy atom. The number of rotatable bonds is 48. The lowest BCUT2D eigenvalue weighted by Gasteiger charge is -2.20. The zero-order valence-corrected chi connectivity index (χ0v) is 46.3. The van der Waals surface area contributed by atoms with Crippen molar-refractivity contribution in [2.24, 2.45) is 0 Å². The van der Waals surface area contributed by atoms with Crippen LogP contribution >= 0.6 is 23.5 Å². The van der Waals surface area contributed by atoms with Crippen molar-refractivity contribution >= 4 is 47.2 Å². The fraction of sp³-hybridized carbons (Fsp3) is 0.608. The maximum absolute atomic E-state index is 13.4. The minimum absolute atomic E-state index is 0.0281. The minimum atomic E-state index is -1.36. The molecule has 2 aromatic heterocycles. The number of nitrogens with zero attached hydrogens (tertiary/aromatic N) is 4. The number of aromatic nitrogens is 4. The van der Waals surface area contributed by atoms with Gasteiger partial charge in [-0.2, -0.15) is 0 Å². The van der Waals surface area contributed by atoms with E-state index in [4.69, 9.17) is 70.8 Å². The van der Waals surface area contributed by atoms with Gasteiger partial charge in [-0.1, -0.05) is 23.5 Å². The average Bonchev–Trinajstić information content (AvgIpc) is 4.02. The first-order valence-electron chi connectivity index (χ1n) is 25.8. The number of thioether (sulfide) groups is 2. The van der Waals surface area contributed by atoms with E-state index < -0.39 is 29.4 Å². The maximum Gasteiger partial charge on any atom is 0.305 e. The Bertz CT molecular complexity index is 2320. The van der Waals surface area contributed by atoms with Crippen LogP contribution in [0.25, 0.3) is 22.9 Å². The molecule has 0 saturated heterocycles. The van der Waals surface area contributed by atoms with E-state index in [0.29, 0.717) is 120 Å². The number of benzene rings is 2. The first-order chi connectivity index (χ1) is 38.7. The Morgan fingerprint density at radius 1 is 0.506 bits per heavy atom. The molecule has 79 heavy (non-hydrogen) atoms. The number of amides is 3. The normalized spacial score (nSPS) is 14.7. The Kier molecular flexibility index (Phi) is 31.7. The molecule has 4 aromatic rings. The van der Waals surface area contributed by atoms with Gasteiger partial charge in [0.05, 0.1) is 145 Å². The van der Waals surface area contributed by atoms with Gasteiger partial charge in [-0.15, -0.1) is 20.4 Å². The van der Waals surface area contributed by atoms with Crippen molar-refractivity contribution in [3.05, 3.63) is 48.5 Å². The van der Waals surface area contributed by atoms with E-state index in [9.17, 15) is 19.2 Å². The summed E-state index contributed by atoms with van der Waals surface area (Å²) in [6.45, 7) is 6.58. The molecule has 0 spiro atoms. The number of carboxylic acid groups (broad SMARTS) is 1. The van der Waals surface area contributed by atoms with Crippen LogP contribution in [-0.4, -0.2) is 225 Å². The summed E-state index contributed by atoms with van der Waals surface area (Å²) in [5, 5.41) is 34.1. The molecule has 5 rings (SSSR count). The Balaban J connectivity index is 0.841. The van der Waals surface area contributed by atoms with E-state index in [2.05, 4.69) is 36.3 Å². The molecule has 4 N–H and O–H groups in total. The molecule has 28 heteroatoms. The molecule has 1 saturated carbocycles. The number of hydrogen-bond donors (Lipinski definition) is 4. The highest BCUT2D eigenvalue weighted by molar-refractivity contribution is 7.98. The monoisotopic (exact) mass is 1150 g/mol. The van der Waals surface area contributed by atoms with Gasteiger partial charge in [0.15, 0.2) is 0 Å². The lowest BCUT2D eigenvalue weighted by atomic mass is 10.2. The minimum Gasteiger partial charge on any atom is -0.491 e. The van der Waals surface area contributed by atoms with Crippen molar-refractivity contribution in [2.75, 3.05) is 164 Å². The summed E-state index contributed by atoms with van der Waals surface area (Å²) in [6.07, 6.45) is 3.80. The van der Waals surface area contributed by atoms with Crippen LogP contribution in [0.4, 0.5) is 0 Å². The van der Waals surface area contributed by atoms with Crippen molar-refractivity contribution in [3.8, 4) is 34.4 Å². The van der Waals surface area contributed by atoms with Crippen molar-refractivity contribution in [1.82, 2.24) is 36.3 Å². The lowest BCUT2D eigenvalue weighted by Crippen LogP contribution is -2.54. The molecule has 1 fully saturated rings. The number of aliphatic carboxylic acids is 1. The molecule has 1 unspecified atom stereocenters. The van der Waals surface area contributed by atoms with Gasteiger partial charge in [0.1, 0.15) is 30.3 Å². The number of hydrogen-bond acceptors (Lipinski definition) is 24. The van der Waals surface area contributed by atoms with Crippen LogP contribution in [0.2, 0.25) is 0 Å². The summed E-state index contributed by atoms with van der Waals surface area (Å²) in [5.74, 6) is 0.0818. The van der Waals surface area contributed by atoms with E-state index >= 15 is 0 Å². The average molecular weight is 1150 g/mol. The second-order valence-electron chi connectivity index (χ2n) is 16.8. The third-order valence-corrected chi connectivity index (χ3v) is 12.0. The summed E-state index contributed by atoms with van der Waals surface area (Å²) >= 11 is 2.77. The summed E-state index contributed by atoms with van der Waals surface area (Å²) < 4.78 is 77.7. The van der Waals surface area contributed by atoms with E-state index in [1.165, 1.54) is 23.5 Å². The second-order valence-corrected chi connectivity index (χ2v) is 18.3. The van der Waals surface area contributed by atoms with E-state index in [-0.39, 0.29) is 97.6 Å². The predicted molar refractivity (Wildman–Crippen MR) is 284 cm³/mol. The Labute approximate surface area is 466 Å². The van der Waals surface area contributed by atoms with E-state index in [1.54, 1.807) is 0 Å². The number of nitrogens with one attached hydrogen (secondary N) is 3. The molecular weight excluding hydrogens is 1080 g/mol. The van der Waals surface area contributed by atoms with Gasteiger partial charge in [0.25, 0.3) is 10.4 Å². The van der Waals surface area contributed by atoms with E-state index in [1.807, 2.05) is 61.0 Å². The van der Waals surface area contributed by atoms with Gasteiger partial charge < -0.3 is 86.7 Å². The zero-order chi connectivity index (χ0) is 56.0. The van der Waals surface area contributed by atoms with Gasteiger partial charge in [0, 0.05) is 36.9 Å². The van der Waals surface area contributed by atoms with Gasteiger partial charge in [0.2, 0.25) is 29.5 Å². The smallest absolute Gasteiger partial charge is 0.305 e. The maximum atomic E-state index is 13.4. The van der Waals surface area contributed by atoms with Gasteiger partial charge in [-0.3, -0.25) is 19.2 Å². The van der Waals surface area contributed by atoms with Crippen LogP contribution in [0.3, 0.4) is 0 Å². The van der Waals surface area contributed by atoms with Crippen molar-refractivity contribution in [3.63, 3.8) is 0 Å². The number of carbonyl (C=O) groups is 4. The fourth-order valence-electron chi connectivity index (χ4n) is 6.83. The molecule has 438 valence electrons. The molecule has 0 radical (unpaired) electrons. The van der Waals surface area contributed by atoms with Crippen LogP contribution in [0.1, 0.15) is 25.7 Å². The second kappa shape index (κ2) is 39.0. The first-order valence-corrected chi connectivity index (χ1v) is 28.2. The quantitative estimate of drug-likeness (QED) is 0.0365. The van der Waals surface area contributed by atoms with Crippen molar-refractivity contribution < 1.29 is 90.0 Å². The number of carbonyl (C=O) groups excluding carboxylic acids is 3. The third kappa shape index (κ3) is 26.5. The molecule has 26 nitrogen and oxygen atoms in total. The van der Waals surface area contributed by atoms with Gasteiger partial charge in [-0.25, -0.2) is 0 Å². The summed E-state index contributed by atoms with van der Waals surface area (Å²) in [5.41, 5.74) is 0.250. The molecule has 2 atom stereocenters. The molecule has 0 bridgehead atoms. The van der Waals surface area contributed by atoms with E-state index in [0.717, 1.165) is 11.1 Å². The van der Waals surface area contributed by atoms with Gasteiger partial charge in [-0.05, 0) is 61.0 Å². The fourth-order valence-corrected chi connectivity index (χ4v) is 7.40. The zero-order valence-electron chi connectivity index (χ0n) is 44.7. The van der Waals surface area contributed by atoms with Gasteiger partial charge >= 0.3 is 5.97 Å². The third-order valence-electron chi connectivity index (χ3n) is 11.0. The molecule has 1 aliphatic carbocycles. The molecule has 2 aromatic carbocycles. The standard InChI is InChI=1S/C51H73N7O19S2/c1-78-49-57-55-46(76-49)38-3-7-40(8-4-38)74-35-33-72-31-29-70-27-25-68-23-20-64-15-11-43(59)53-42-37-51(42,48(63)52-14-18-67-22-19-66-17-13-45(61)62)54-44(60)12-16-65-21-24-69-26-28-71-30-32-73-34-36-75-41-9-5-39(6-10-41)47-56-58-50(77-47)79-2/h3-10,42H,11-37H2,1-2H3,(H,52,63)(H,53,59)(H,54,60)(H,61,62)/t42-,51?/m0/s1. The molecule has 3 amide bonds. The summed E-state index contributed by atoms with van der Waals surface area (Å²) in [6, 6.07) is 14.1. The highest BCUT2D eigenvalue weighted by Crippen LogP contribution is 2.37. The highest BCUT2D eigenvalue weighted by atomic mass is 32.2.